The first-order valence-corrected chi connectivity index (χ1v) is 6.35. The summed E-state index contributed by atoms with van der Waals surface area (Å²) in [4.78, 5) is 14.3. The van der Waals surface area contributed by atoms with Crippen LogP contribution in [0.25, 0.3) is 0 Å². The lowest BCUT2D eigenvalue weighted by atomic mass is 10.1. The smallest absolute Gasteiger partial charge is 0.228 e. The zero-order valence-corrected chi connectivity index (χ0v) is 9.93. The van der Waals surface area contributed by atoms with Gasteiger partial charge in [0.1, 0.15) is 0 Å². The quantitative estimate of drug-likeness (QED) is 0.756. The van der Waals surface area contributed by atoms with Crippen LogP contribution in [0.2, 0.25) is 0 Å². The molecular formula is C12H18N4O. The van der Waals surface area contributed by atoms with Crippen LogP contribution in [0, 0.1) is 5.92 Å². The second-order valence-electron chi connectivity index (χ2n) is 4.86. The van der Waals surface area contributed by atoms with Gasteiger partial charge in [0.25, 0.3) is 0 Å². The minimum absolute atomic E-state index is 0.0363. The van der Waals surface area contributed by atoms with E-state index in [1.165, 1.54) is 5.69 Å². The molecule has 3 rings (SSSR count). The van der Waals surface area contributed by atoms with Crippen molar-refractivity contribution in [2.45, 2.75) is 25.9 Å². The molecule has 0 radical (unpaired) electrons. The third-order valence-electron chi connectivity index (χ3n) is 3.66. The summed E-state index contributed by atoms with van der Waals surface area (Å²) in [5.74, 6) is 0.326. The highest BCUT2D eigenvalue weighted by Crippen LogP contribution is 2.16. The average molecular weight is 234 g/mol. The Kier molecular flexibility index (Phi) is 2.84. The van der Waals surface area contributed by atoms with Gasteiger partial charge < -0.3 is 10.2 Å². The molecule has 17 heavy (non-hydrogen) atoms. The fraction of sp³-hybridized carbons (Fsp3) is 0.667. The standard InChI is InChI=1S/C12H18N4O/c17-12(15-5-1-2-6-15)10-7-13-8-11-3-4-14-16(11)9-10/h3-4,10,13H,1-2,5-9H2. The summed E-state index contributed by atoms with van der Waals surface area (Å²) in [6.45, 7) is 4.15. The van der Waals surface area contributed by atoms with E-state index in [1.807, 2.05) is 15.6 Å². The van der Waals surface area contributed by atoms with Gasteiger partial charge in [0.05, 0.1) is 18.2 Å². The van der Waals surface area contributed by atoms with Gasteiger partial charge in [-0.3, -0.25) is 9.48 Å². The molecule has 2 aliphatic rings. The third-order valence-corrected chi connectivity index (χ3v) is 3.66. The Morgan fingerprint density at radius 2 is 2.24 bits per heavy atom. The summed E-state index contributed by atoms with van der Waals surface area (Å²) in [6, 6.07) is 2.01. The Morgan fingerprint density at radius 1 is 1.41 bits per heavy atom. The highest BCUT2D eigenvalue weighted by Gasteiger charge is 2.28. The van der Waals surface area contributed by atoms with Crippen molar-refractivity contribution in [3.8, 4) is 0 Å². The van der Waals surface area contributed by atoms with Crippen molar-refractivity contribution >= 4 is 5.91 Å². The molecule has 2 aliphatic heterocycles. The first kappa shape index (κ1) is 10.8. The Bertz CT molecular complexity index is 408. The van der Waals surface area contributed by atoms with Gasteiger partial charge in [-0.1, -0.05) is 0 Å². The van der Waals surface area contributed by atoms with E-state index >= 15 is 0 Å². The Morgan fingerprint density at radius 3 is 3.06 bits per heavy atom. The van der Waals surface area contributed by atoms with Gasteiger partial charge in [0.2, 0.25) is 5.91 Å². The predicted octanol–water partition coefficient (Wildman–Crippen LogP) is 0.225. The van der Waals surface area contributed by atoms with E-state index in [0.717, 1.165) is 39.0 Å². The number of hydrogen-bond acceptors (Lipinski definition) is 3. The minimum Gasteiger partial charge on any atom is -0.342 e. The lowest BCUT2D eigenvalue weighted by Crippen LogP contribution is -2.39. The Balaban J connectivity index is 1.73. The molecule has 1 saturated heterocycles. The molecule has 0 aromatic carbocycles. The summed E-state index contributed by atoms with van der Waals surface area (Å²) in [6.07, 6.45) is 4.11. The van der Waals surface area contributed by atoms with Crippen LogP contribution in [-0.4, -0.2) is 40.2 Å². The number of nitrogens with zero attached hydrogens (tertiary/aromatic N) is 3. The largest absolute Gasteiger partial charge is 0.342 e. The van der Waals surface area contributed by atoms with Gasteiger partial charge in [0.15, 0.2) is 0 Å². The molecule has 0 bridgehead atoms. The number of carbonyl (C=O) groups is 1. The first-order valence-electron chi connectivity index (χ1n) is 6.35. The lowest BCUT2D eigenvalue weighted by molar-refractivity contribution is -0.134. The van der Waals surface area contributed by atoms with Crippen LogP contribution in [0.5, 0.6) is 0 Å². The van der Waals surface area contributed by atoms with Crippen LogP contribution in [0.1, 0.15) is 18.5 Å². The molecule has 5 heteroatoms. The van der Waals surface area contributed by atoms with Gasteiger partial charge in [0, 0.05) is 32.4 Å². The van der Waals surface area contributed by atoms with E-state index in [-0.39, 0.29) is 5.92 Å². The van der Waals surface area contributed by atoms with E-state index in [9.17, 15) is 4.79 Å². The molecule has 1 fully saturated rings. The molecular weight excluding hydrogens is 216 g/mol. The normalized spacial score (nSPS) is 24.5. The van der Waals surface area contributed by atoms with Crippen molar-refractivity contribution in [1.29, 1.82) is 0 Å². The van der Waals surface area contributed by atoms with Crippen LogP contribution in [0.15, 0.2) is 12.3 Å². The fourth-order valence-corrected chi connectivity index (χ4v) is 2.68. The molecule has 0 spiro atoms. The first-order chi connectivity index (χ1) is 8.34. The molecule has 1 N–H and O–H groups in total. The molecule has 92 valence electrons. The van der Waals surface area contributed by atoms with Crippen LogP contribution >= 0.6 is 0 Å². The van der Waals surface area contributed by atoms with Crippen LogP contribution in [-0.2, 0) is 17.9 Å². The highest BCUT2D eigenvalue weighted by atomic mass is 16.2. The van der Waals surface area contributed by atoms with E-state index in [2.05, 4.69) is 10.4 Å². The molecule has 0 aliphatic carbocycles. The number of nitrogens with one attached hydrogen (secondary N) is 1. The fourth-order valence-electron chi connectivity index (χ4n) is 2.68. The van der Waals surface area contributed by atoms with Crippen molar-refractivity contribution < 1.29 is 4.79 Å². The number of fused-ring (bicyclic) bond motifs is 1. The predicted molar refractivity (Wildman–Crippen MR) is 63.2 cm³/mol. The maximum Gasteiger partial charge on any atom is 0.228 e. The van der Waals surface area contributed by atoms with E-state index in [4.69, 9.17) is 0 Å². The number of likely N-dealkylation sites (tertiary alicyclic amines) is 1. The average Bonchev–Trinajstić information content (AvgIpc) is 2.96. The molecule has 1 aromatic rings. The molecule has 1 aromatic heterocycles. The number of hydrogen-bond donors (Lipinski definition) is 1. The SMILES string of the molecule is O=C(C1CNCc2ccnn2C1)N1CCCC1. The molecule has 5 nitrogen and oxygen atoms in total. The molecule has 1 atom stereocenters. The summed E-state index contributed by atoms with van der Waals surface area (Å²) < 4.78 is 1.96. The van der Waals surface area contributed by atoms with Crippen molar-refractivity contribution in [1.82, 2.24) is 20.0 Å². The zero-order chi connectivity index (χ0) is 11.7. The zero-order valence-electron chi connectivity index (χ0n) is 9.93. The summed E-state index contributed by atoms with van der Waals surface area (Å²) in [7, 11) is 0. The molecule has 3 heterocycles. The summed E-state index contributed by atoms with van der Waals surface area (Å²) in [5.41, 5.74) is 1.17. The van der Waals surface area contributed by atoms with Crippen LogP contribution in [0.3, 0.4) is 0 Å². The van der Waals surface area contributed by atoms with Crippen molar-refractivity contribution in [2.75, 3.05) is 19.6 Å². The molecule has 1 unspecified atom stereocenters. The second-order valence-corrected chi connectivity index (χ2v) is 4.86. The second kappa shape index (κ2) is 4.49. The topological polar surface area (TPSA) is 50.2 Å². The van der Waals surface area contributed by atoms with Gasteiger partial charge in [-0.25, -0.2) is 0 Å². The van der Waals surface area contributed by atoms with E-state index in [1.54, 1.807) is 6.20 Å². The number of amides is 1. The van der Waals surface area contributed by atoms with Gasteiger partial charge in [-0.2, -0.15) is 5.10 Å². The van der Waals surface area contributed by atoms with Gasteiger partial charge in [-0.05, 0) is 18.9 Å². The number of aromatic nitrogens is 2. The molecule has 1 amide bonds. The van der Waals surface area contributed by atoms with Gasteiger partial charge in [-0.15, -0.1) is 0 Å². The van der Waals surface area contributed by atoms with E-state index in [0.29, 0.717) is 12.5 Å². The van der Waals surface area contributed by atoms with Crippen molar-refractivity contribution in [2.24, 2.45) is 5.92 Å². The van der Waals surface area contributed by atoms with Crippen LogP contribution < -0.4 is 5.32 Å². The monoisotopic (exact) mass is 234 g/mol. The van der Waals surface area contributed by atoms with Crippen molar-refractivity contribution in [3.05, 3.63) is 18.0 Å². The Labute approximate surface area is 101 Å². The number of rotatable bonds is 1. The van der Waals surface area contributed by atoms with E-state index < -0.39 is 0 Å². The third kappa shape index (κ3) is 2.07. The highest BCUT2D eigenvalue weighted by molar-refractivity contribution is 5.79. The minimum atomic E-state index is 0.0363. The molecule has 0 saturated carbocycles. The maximum atomic E-state index is 12.3. The summed E-state index contributed by atoms with van der Waals surface area (Å²) in [5, 5.41) is 7.62. The lowest BCUT2D eigenvalue weighted by Gasteiger charge is -2.22. The van der Waals surface area contributed by atoms with Crippen molar-refractivity contribution in [3.63, 3.8) is 0 Å². The Hall–Kier alpha value is -1.36. The van der Waals surface area contributed by atoms with Gasteiger partial charge >= 0.3 is 0 Å². The number of carbonyl (C=O) groups excluding carboxylic acids is 1. The van der Waals surface area contributed by atoms with Crippen LogP contribution in [0.4, 0.5) is 0 Å². The maximum absolute atomic E-state index is 12.3. The summed E-state index contributed by atoms with van der Waals surface area (Å²) >= 11 is 0.